The Kier molecular flexibility index (Phi) is 4.43. The third kappa shape index (κ3) is 3.21. The van der Waals surface area contributed by atoms with Crippen LogP contribution in [0, 0.1) is 11.3 Å². The van der Waals surface area contributed by atoms with Crippen molar-refractivity contribution in [1.82, 2.24) is 15.5 Å². The van der Waals surface area contributed by atoms with Gasteiger partial charge in [-0.1, -0.05) is 51.8 Å². The monoisotopic (exact) mass is 327 g/mol. The summed E-state index contributed by atoms with van der Waals surface area (Å²) in [6.45, 7) is 6.70. The zero-order chi connectivity index (χ0) is 17.3. The Balaban J connectivity index is 1.90. The quantitative estimate of drug-likeness (QED) is 0.889. The maximum absolute atomic E-state index is 12.8. The van der Waals surface area contributed by atoms with Gasteiger partial charge in [0.15, 0.2) is 5.69 Å². The van der Waals surface area contributed by atoms with Crippen molar-refractivity contribution < 1.29 is 4.79 Å². The second kappa shape index (κ2) is 6.38. The van der Waals surface area contributed by atoms with Crippen LogP contribution in [-0.4, -0.2) is 22.1 Å². The molecule has 128 valence electrons. The zero-order valence-electron chi connectivity index (χ0n) is 14.6. The molecule has 5 nitrogen and oxygen atoms in total. The summed E-state index contributed by atoms with van der Waals surface area (Å²) in [4.78, 5) is 24.7. The van der Waals surface area contributed by atoms with E-state index in [1.807, 2.05) is 6.07 Å². The molecule has 2 unspecified atom stereocenters. The van der Waals surface area contributed by atoms with Gasteiger partial charge in [0.2, 0.25) is 0 Å². The van der Waals surface area contributed by atoms with E-state index in [2.05, 4.69) is 36.3 Å². The van der Waals surface area contributed by atoms with Gasteiger partial charge in [0.05, 0.1) is 5.39 Å². The lowest BCUT2D eigenvalue weighted by atomic mass is 9.69. The standard InChI is InChI=1S/C19H25N3O2/c1-19(2,3)14-10-6-7-11-15(14)20-18(24)16-12-8-4-5-9-13(12)17(23)22-21-16/h4-5,8-9,14-15H,6-7,10-11H2,1-3H3,(H,20,24)(H,22,23). The number of amides is 1. The minimum Gasteiger partial charge on any atom is -0.348 e. The first-order valence-electron chi connectivity index (χ1n) is 8.66. The minimum atomic E-state index is -0.271. The van der Waals surface area contributed by atoms with Crippen LogP contribution in [0.25, 0.3) is 10.8 Å². The Hall–Kier alpha value is -2.17. The lowest BCUT2D eigenvalue weighted by Crippen LogP contribution is -2.47. The zero-order valence-corrected chi connectivity index (χ0v) is 14.6. The SMILES string of the molecule is CC(C)(C)C1CCCCC1NC(=O)c1n[nH]c(=O)c2ccccc12. The van der Waals surface area contributed by atoms with Gasteiger partial charge in [0.25, 0.3) is 11.5 Å². The molecule has 0 spiro atoms. The van der Waals surface area contributed by atoms with E-state index in [1.165, 1.54) is 6.42 Å². The predicted molar refractivity (Wildman–Crippen MR) is 95.0 cm³/mol. The van der Waals surface area contributed by atoms with Gasteiger partial charge in [-0.3, -0.25) is 9.59 Å². The first-order valence-corrected chi connectivity index (χ1v) is 8.66. The Labute approximate surface area is 141 Å². The third-order valence-corrected chi connectivity index (χ3v) is 5.11. The van der Waals surface area contributed by atoms with Crippen LogP contribution in [0.4, 0.5) is 0 Å². The van der Waals surface area contributed by atoms with E-state index < -0.39 is 0 Å². The van der Waals surface area contributed by atoms with Gasteiger partial charge in [-0.05, 0) is 30.2 Å². The van der Waals surface area contributed by atoms with Crippen LogP contribution in [0.1, 0.15) is 56.9 Å². The molecule has 2 aromatic rings. The molecule has 0 bridgehead atoms. The molecule has 2 atom stereocenters. The van der Waals surface area contributed by atoms with Crippen molar-refractivity contribution in [2.75, 3.05) is 0 Å². The van der Waals surface area contributed by atoms with Crippen molar-refractivity contribution in [3.05, 3.63) is 40.3 Å². The third-order valence-electron chi connectivity index (χ3n) is 5.11. The van der Waals surface area contributed by atoms with E-state index in [0.717, 1.165) is 19.3 Å². The number of hydrogen-bond acceptors (Lipinski definition) is 3. The van der Waals surface area contributed by atoms with Crippen molar-refractivity contribution in [2.24, 2.45) is 11.3 Å². The van der Waals surface area contributed by atoms with Crippen LogP contribution < -0.4 is 10.9 Å². The molecule has 3 rings (SSSR count). The molecule has 2 N–H and O–H groups in total. The Morgan fingerprint density at radius 3 is 2.54 bits per heavy atom. The highest BCUT2D eigenvalue weighted by Crippen LogP contribution is 2.38. The number of aromatic amines is 1. The average molecular weight is 327 g/mol. The number of aromatic nitrogens is 2. The summed E-state index contributed by atoms with van der Waals surface area (Å²) in [6, 6.07) is 7.24. The van der Waals surface area contributed by atoms with E-state index in [4.69, 9.17) is 0 Å². The number of rotatable bonds is 2. The van der Waals surface area contributed by atoms with Gasteiger partial charge in [-0.2, -0.15) is 5.10 Å². The van der Waals surface area contributed by atoms with E-state index in [1.54, 1.807) is 18.2 Å². The van der Waals surface area contributed by atoms with Crippen LogP contribution in [0.3, 0.4) is 0 Å². The molecule has 1 fully saturated rings. The Morgan fingerprint density at radius 2 is 1.83 bits per heavy atom. The number of nitrogens with zero attached hydrogens (tertiary/aromatic N) is 1. The molecule has 1 aliphatic rings. The van der Waals surface area contributed by atoms with Crippen LogP contribution in [-0.2, 0) is 0 Å². The minimum absolute atomic E-state index is 0.152. The maximum atomic E-state index is 12.8. The topological polar surface area (TPSA) is 74.8 Å². The molecule has 1 aromatic heterocycles. The molecule has 1 amide bonds. The number of fused-ring (bicyclic) bond motifs is 1. The molecule has 0 saturated heterocycles. The van der Waals surface area contributed by atoms with Crippen molar-refractivity contribution in [3.63, 3.8) is 0 Å². The van der Waals surface area contributed by atoms with Gasteiger partial charge in [0, 0.05) is 11.4 Å². The predicted octanol–water partition coefficient (Wildman–Crippen LogP) is 3.26. The van der Waals surface area contributed by atoms with E-state index in [-0.39, 0.29) is 22.9 Å². The fraction of sp³-hybridized carbons (Fsp3) is 0.526. The lowest BCUT2D eigenvalue weighted by Gasteiger charge is -2.40. The van der Waals surface area contributed by atoms with Gasteiger partial charge >= 0.3 is 0 Å². The fourth-order valence-corrected chi connectivity index (χ4v) is 3.86. The van der Waals surface area contributed by atoms with E-state index in [9.17, 15) is 9.59 Å². The van der Waals surface area contributed by atoms with E-state index in [0.29, 0.717) is 22.4 Å². The van der Waals surface area contributed by atoms with Gasteiger partial charge in [0.1, 0.15) is 0 Å². The second-order valence-electron chi connectivity index (χ2n) is 7.78. The first-order chi connectivity index (χ1) is 11.4. The summed E-state index contributed by atoms with van der Waals surface area (Å²) >= 11 is 0. The summed E-state index contributed by atoms with van der Waals surface area (Å²) < 4.78 is 0. The number of benzene rings is 1. The van der Waals surface area contributed by atoms with Crippen molar-refractivity contribution in [1.29, 1.82) is 0 Å². The molecule has 0 aliphatic heterocycles. The second-order valence-corrected chi connectivity index (χ2v) is 7.78. The molecule has 24 heavy (non-hydrogen) atoms. The molecule has 1 heterocycles. The molecular weight excluding hydrogens is 302 g/mol. The smallest absolute Gasteiger partial charge is 0.272 e. The number of hydrogen-bond donors (Lipinski definition) is 2. The molecule has 1 aliphatic carbocycles. The number of nitrogens with one attached hydrogen (secondary N) is 2. The highest BCUT2D eigenvalue weighted by atomic mass is 16.2. The fourth-order valence-electron chi connectivity index (χ4n) is 3.86. The summed E-state index contributed by atoms with van der Waals surface area (Å²) in [6.07, 6.45) is 4.48. The molecule has 1 aromatic carbocycles. The lowest BCUT2D eigenvalue weighted by molar-refractivity contribution is 0.0826. The highest BCUT2D eigenvalue weighted by Gasteiger charge is 2.35. The van der Waals surface area contributed by atoms with Gasteiger partial charge in [-0.25, -0.2) is 5.10 Å². The Bertz CT molecular complexity index is 804. The average Bonchev–Trinajstić information content (AvgIpc) is 2.55. The van der Waals surface area contributed by atoms with Crippen LogP contribution >= 0.6 is 0 Å². The van der Waals surface area contributed by atoms with Gasteiger partial charge < -0.3 is 5.32 Å². The van der Waals surface area contributed by atoms with Crippen LogP contribution in [0.2, 0.25) is 0 Å². The highest BCUT2D eigenvalue weighted by molar-refractivity contribution is 6.04. The van der Waals surface area contributed by atoms with Gasteiger partial charge in [-0.15, -0.1) is 0 Å². The molecular formula is C19H25N3O2. The summed E-state index contributed by atoms with van der Waals surface area (Å²) in [5, 5.41) is 10.7. The van der Waals surface area contributed by atoms with Crippen molar-refractivity contribution in [2.45, 2.75) is 52.5 Å². The number of H-pyrrole nitrogens is 1. The van der Waals surface area contributed by atoms with Crippen LogP contribution in [0.15, 0.2) is 29.1 Å². The Morgan fingerprint density at radius 1 is 1.17 bits per heavy atom. The van der Waals surface area contributed by atoms with Crippen LogP contribution in [0.5, 0.6) is 0 Å². The summed E-state index contributed by atoms with van der Waals surface area (Å²) in [5.41, 5.74) is 0.176. The summed E-state index contributed by atoms with van der Waals surface area (Å²) in [5.74, 6) is 0.243. The molecule has 0 radical (unpaired) electrons. The largest absolute Gasteiger partial charge is 0.348 e. The summed E-state index contributed by atoms with van der Waals surface area (Å²) in [7, 11) is 0. The normalized spacial score (nSPS) is 21.6. The first kappa shape index (κ1) is 16.7. The van der Waals surface area contributed by atoms with Crippen molar-refractivity contribution in [3.8, 4) is 0 Å². The number of carbonyl (C=O) groups is 1. The maximum Gasteiger partial charge on any atom is 0.272 e. The van der Waals surface area contributed by atoms with Crippen molar-refractivity contribution >= 4 is 16.7 Å². The number of carbonyl (C=O) groups excluding carboxylic acids is 1. The molecule has 1 saturated carbocycles. The van der Waals surface area contributed by atoms with E-state index >= 15 is 0 Å². The molecule has 5 heteroatoms.